The first kappa shape index (κ1) is 28.9. The smallest absolute Gasteiger partial charge is 0.416 e. The second-order valence-electron chi connectivity index (χ2n) is 8.21. The highest BCUT2D eigenvalue weighted by atomic mass is 79.9. The summed E-state index contributed by atoms with van der Waals surface area (Å²) < 4.78 is 79.0. The van der Waals surface area contributed by atoms with E-state index in [4.69, 9.17) is 0 Å². The van der Waals surface area contributed by atoms with Crippen molar-refractivity contribution in [3.05, 3.63) is 95.6 Å². The Labute approximate surface area is 210 Å². The topological polar surface area (TPSA) is 29.1 Å². The number of alkyl halides is 6. The zero-order valence-electron chi connectivity index (χ0n) is 18.8. The Hall–Kier alpha value is -2.38. The van der Waals surface area contributed by atoms with Gasteiger partial charge < -0.3 is 22.3 Å². The summed E-state index contributed by atoms with van der Waals surface area (Å²) in [6, 6.07) is 19.7. The highest BCUT2D eigenvalue weighted by Crippen LogP contribution is 2.53. The van der Waals surface area contributed by atoms with Gasteiger partial charge in [0, 0.05) is 5.56 Å². The van der Waals surface area contributed by atoms with Crippen molar-refractivity contribution >= 4 is 23.8 Å². The van der Waals surface area contributed by atoms with Crippen LogP contribution >= 0.6 is 7.26 Å². The second kappa shape index (κ2) is 11.1. The van der Waals surface area contributed by atoms with E-state index in [0.717, 1.165) is 10.6 Å². The van der Waals surface area contributed by atoms with Crippen LogP contribution < -0.4 is 32.9 Å². The molecule has 3 aromatic rings. The van der Waals surface area contributed by atoms with Crippen LogP contribution in [0.25, 0.3) is 0 Å². The highest BCUT2D eigenvalue weighted by Gasteiger charge is 2.40. The molecule has 10 heteroatoms. The van der Waals surface area contributed by atoms with Gasteiger partial charge in [0.2, 0.25) is 0 Å². The number of rotatable bonds is 6. The minimum atomic E-state index is -5.02. The minimum absolute atomic E-state index is 0. The molecular weight excluding hydrogens is 555 g/mol. The van der Waals surface area contributed by atoms with E-state index in [9.17, 15) is 31.1 Å². The molecule has 35 heavy (non-hydrogen) atoms. The number of nitrogens with one attached hydrogen (secondary N) is 1. The Morgan fingerprint density at radius 2 is 1.20 bits per heavy atom. The second-order valence-corrected chi connectivity index (χ2v) is 12.0. The lowest BCUT2D eigenvalue weighted by Crippen LogP contribution is -3.00. The van der Waals surface area contributed by atoms with E-state index in [1.54, 1.807) is 6.92 Å². The summed E-state index contributed by atoms with van der Waals surface area (Å²) in [6.45, 7) is 3.78. The number of carbonyl (C=O) groups excluding carboxylic acids is 1. The third-order valence-electron chi connectivity index (χ3n) is 5.52. The van der Waals surface area contributed by atoms with Gasteiger partial charge in [-0.1, -0.05) is 36.4 Å². The molecule has 1 amide bonds. The van der Waals surface area contributed by atoms with Crippen molar-refractivity contribution in [2.45, 2.75) is 25.3 Å². The molecule has 0 aromatic heterocycles. The monoisotopic (exact) mass is 577 g/mol. The van der Waals surface area contributed by atoms with Gasteiger partial charge in [-0.15, -0.1) is 0 Å². The van der Waals surface area contributed by atoms with Crippen molar-refractivity contribution in [1.29, 1.82) is 0 Å². The van der Waals surface area contributed by atoms with Crippen LogP contribution in [-0.2, 0) is 12.4 Å². The summed E-state index contributed by atoms with van der Waals surface area (Å²) in [7, 11) is -2.02. The number of hydrogen-bond acceptors (Lipinski definition) is 1. The fourth-order valence-electron chi connectivity index (χ4n) is 3.86. The molecule has 0 heterocycles. The molecule has 2 nitrogen and oxygen atoms in total. The van der Waals surface area contributed by atoms with Gasteiger partial charge in [0.1, 0.15) is 0 Å². The largest absolute Gasteiger partial charge is 1.00 e. The van der Waals surface area contributed by atoms with E-state index >= 15 is 0 Å². The Bertz CT molecular complexity index is 1060. The van der Waals surface area contributed by atoms with Gasteiger partial charge in [-0.2, -0.15) is 26.3 Å². The van der Waals surface area contributed by atoms with Crippen molar-refractivity contribution in [2.24, 2.45) is 0 Å². The van der Waals surface area contributed by atoms with Crippen molar-refractivity contribution in [3.63, 3.8) is 0 Å². The quantitative estimate of drug-likeness (QED) is 0.354. The lowest BCUT2D eigenvalue weighted by molar-refractivity contribution is -0.143. The van der Waals surface area contributed by atoms with Crippen molar-refractivity contribution < 1.29 is 48.1 Å². The van der Waals surface area contributed by atoms with E-state index < -0.39 is 48.3 Å². The highest BCUT2D eigenvalue weighted by molar-refractivity contribution is 7.89. The average molecular weight is 578 g/mol. The summed E-state index contributed by atoms with van der Waals surface area (Å²) in [4.78, 5) is 12.7. The lowest BCUT2D eigenvalue weighted by atomic mass is 10.0. The Morgan fingerprint density at radius 1 is 0.800 bits per heavy atom. The van der Waals surface area contributed by atoms with E-state index in [1.807, 2.05) is 60.7 Å². The van der Waals surface area contributed by atoms with Crippen LogP contribution in [0.15, 0.2) is 78.9 Å². The van der Waals surface area contributed by atoms with Gasteiger partial charge in [-0.05, 0) is 49.4 Å². The van der Waals surface area contributed by atoms with E-state index in [0.29, 0.717) is 18.3 Å². The molecule has 0 saturated carbocycles. The molecule has 0 aliphatic rings. The first-order valence-electron chi connectivity index (χ1n) is 10.4. The predicted octanol–water partition coefficient (Wildman–Crippen LogP) is 3.14. The summed E-state index contributed by atoms with van der Waals surface area (Å²) in [5.41, 5.74) is -3.73. The van der Waals surface area contributed by atoms with Gasteiger partial charge in [0.05, 0.1) is 47.9 Å². The number of amides is 1. The fraction of sp³-hybridized carbons (Fsp3) is 0.240. The van der Waals surface area contributed by atoms with Crippen LogP contribution in [0.4, 0.5) is 26.3 Å². The maximum Gasteiger partial charge on any atom is 0.416 e. The SMILES string of the molecule is C[C@@H](C[P+](C)(c1ccccc1)c1ccccc1)NC(=O)c1cc(C(F)(F)F)cc(C(F)(F)F)c1.[Br-]. The molecule has 0 bridgehead atoms. The molecule has 0 spiro atoms. The molecule has 0 fully saturated rings. The molecule has 1 N–H and O–H groups in total. The molecular formula is C25H23BrF6NOP. The van der Waals surface area contributed by atoms with Crippen molar-refractivity contribution in [3.8, 4) is 0 Å². The first-order chi connectivity index (χ1) is 15.8. The van der Waals surface area contributed by atoms with Gasteiger partial charge in [-0.25, -0.2) is 0 Å². The molecule has 1 atom stereocenters. The maximum absolute atomic E-state index is 13.2. The first-order valence-corrected chi connectivity index (χ1v) is 12.8. The predicted molar refractivity (Wildman–Crippen MR) is 123 cm³/mol. The van der Waals surface area contributed by atoms with Crippen LogP contribution in [0.5, 0.6) is 0 Å². The maximum atomic E-state index is 13.2. The van der Waals surface area contributed by atoms with Gasteiger partial charge in [0.15, 0.2) is 0 Å². The third-order valence-corrected chi connectivity index (χ3v) is 9.67. The number of benzene rings is 3. The molecule has 3 aromatic carbocycles. The minimum Gasteiger partial charge on any atom is -1.00 e. The Morgan fingerprint density at radius 3 is 1.57 bits per heavy atom. The fourth-order valence-corrected chi connectivity index (χ4v) is 7.43. The van der Waals surface area contributed by atoms with Gasteiger partial charge in [0.25, 0.3) is 5.91 Å². The standard InChI is InChI=1S/C25H22F6NOP.BrH/c1-17(16-34(2,21-9-5-3-6-10-21)22-11-7-4-8-12-22)32-23(33)18-13-19(24(26,27)28)15-20(14-18)25(29,30)31;/h3-15,17H,16H2,1-2H3;1H/t17-;/m0./s1. The molecule has 3 rings (SSSR count). The molecule has 0 saturated heterocycles. The zero-order chi connectivity index (χ0) is 25.1. The zero-order valence-corrected chi connectivity index (χ0v) is 21.3. The number of carbonyl (C=O) groups is 1. The van der Waals surface area contributed by atoms with Crippen LogP contribution in [0.3, 0.4) is 0 Å². The Balaban J connectivity index is 0.00000432. The number of halogens is 7. The molecule has 0 radical (unpaired) electrons. The normalized spacial score (nSPS) is 13.0. The van der Waals surface area contributed by atoms with Crippen LogP contribution in [0, 0.1) is 0 Å². The van der Waals surface area contributed by atoms with E-state index in [2.05, 4.69) is 12.0 Å². The lowest BCUT2D eigenvalue weighted by Gasteiger charge is -2.26. The summed E-state index contributed by atoms with van der Waals surface area (Å²) >= 11 is 0. The van der Waals surface area contributed by atoms with Gasteiger partial charge >= 0.3 is 12.4 Å². The van der Waals surface area contributed by atoms with Crippen molar-refractivity contribution in [1.82, 2.24) is 5.32 Å². The van der Waals surface area contributed by atoms with Crippen LogP contribution in [0.2, 0.25) is 0 Å². The third kappa shape index (κ3) is 7.07. The molecule has 0 aliphatic heterocycles. The summed E-state index contributed by atoms with van der Waals surface area (Å²) in [6.07, 6.45) is -9.57. The Kier molecular flexibility index (Phi) is 9.17. The van der Waals surface area contributed by atoms with E-state index in [1.165, 1.54) is 0 Å². The molecule has 188 valence electrons. The average Bonchev–Trinajstić information content (AvgIpc) is 2.78. The van der Waals surface area contributed by atoms with E-state index in [-0.39, 0.29) is 23.0 Å². The van der Waals surface area contributed by atoms with Crippen molar-refractivity contribution in [2.75, 3.05) is 12.8 Å². The summed E-state index contributed by atoms with van der Waals surface area (Å²) in [5.74, 6) is -0.989. The van der Waals surface area contributed by atoms with Crippen LogP contribution in [-0.4, -0.2) is 24.8 Å². The van der Waals surface area contributed by atoms with Crippen LogP contribution in [0.1, 0.15) is 28.4 Å². The number of hydrogen-bond donors (Lipinski definition) is 1. The summed E-state index contributed by atoms with van der Waals surface area (Å²) in [5, 5.41) is 4.74. The van der Waals surface area contributed by atoms with Gasteiger partial charge in [-0.3, -0.25) is 4.79 Å². The molecule has 0 aliphatic carbocycles. The molecule has 0 unspecified atom stereocenters.